The number of ether oxygens (including phenoxy) is 1. The Kier molecular flexibility index (Phi) is 5.73. The van der Waals surface area contributed by atoms with Gasteiger partial charge in [0.1, 0.15) is 5.76 Å². The minimum Gasteiger partial charge on any atom is -0.384 e. The number of carbonyl (C=O) groups is 1. The average Bonchev–Trinajstić information content (AvgIpc) is 3.05. The molecule has 0 aromatic carbocycles. The van der Waals surface area contributed by atoms with Crippen molar-refractivity contribution in [3.63, 3.8) is 0 Å². The normalized spacial score (nSPS) is 21.8. The van der Waals surface area contributed by atoms with Crippen molar-refractivity contribution in [1.82, 2.24) is 15.0 Å². The number of morpholine rings is 1. The molecule has 0 spiro atoms. The third kappa shape index (κ3) is 4.27. The van der Waals surface area contributed by atoms with Gasteiger partial charge in [-0.3, -0.25) is 14.5 Å². The zero-order valence-corrected chi connectivity index (χ0v) is 14.3. The first-order valence-electron chi connectivity index (χ1n) is 8.90. The van der Waals surface area contributed by atoms with E-state index < -0.39 is 0 Å². The van der Waals surface area contributed by atoms with E-state index in [0.717, 1.165) is 52.2 Å². The van der Waals surface area contributed by atoms with Crippen molar-refractivity contribution in [1.29, 1.82) is 0 Å². The van der Waals surface area contributed by atoms with Crippen LogP contribution in [-0.4, -0.2) is 66.3 Å². The van der Waals surface area contributed by atoms with E-state index in [1.165, 1.54) is 6.07 Å². The smallest absolute Gasteiger partial charge is 0.280 e. The molecular formula is C17H27N3O4. The summed E-state index contributed by atoms with van der Waals surface area (Å²) in [5.74, 6) is 1.34. The maximum atomic E-state index is 12.3. The Morgan fingerprint density at radius 3 is 2.62 bits per heavy atom. The summed E-state index contributed by atoms with van der Waals surface area (Å²) in [7, 11) is 0. The molecule has 134 valence electrons. The fourth-order valence-electron chi connectivity index (χ4n) is 3.75. The van der Waals surface area contributed by atoms with E-state index in [-0.39, 0.29) is 11.5 Å². The second-order valence-corrected chi connectivity index (χ2v) is 6.79. The third-order valence-corrected chi connectivity index (χ3v) is 5.36. The highest BCUT2D eigenvalue weighted by Crippen LogP contribution is 2.25. The molecule has 1 atom stereocenters. The molecule has 1 unspecified atom stereocenters. The molecule has 0 aliphatic carbocycles. The van der Waals surface area contributed by atoms with E-state index in [9.17, 15) is 9.59 Å². The molecule has 3 rings (SSSR count). The van der Waals surface area contributed by atoms with Crippen molar-refractivity contribution < 1.29 is 14.1 Å². The van der Waals surface area contributed by atoms with Crippen LogP contribution < -0.4 is 5.56 Å². The van der Waals surface area contributed by atoms with Gasteiger partial charge < -0.3 is 14.2 Å². The first-order chi connectivity index (χ1) is 11.6. The van der Waals surface area contributed by atoms with Crippen LogP contribution in [0.3, 0.4) is 0 Å². The molecule has 2 aliphatic rings. The molecule has 24 heavy (non-hydrogen) atoms. The van der Waals surface area contributed by atoms with Crippen molar-refractivity contribution in [2.24, 2.45) is 5.92 Å². The number of H-pyrrole nitrogens is 1. The van der Waals surface area contributed by atoms with Crippen LogP contribution in [0.2, 0.25) is 0 Å². The number of nitrogens with zero attached hydrogens (tertiary/aromatic N) is 2. The number of piperidine rings is 1. The summed E-state index contributed by atoms with van der Waals surface area (Å²) in [4.78, 5) is 27.8. The minimum atomic E-state index is -0.254. The van der Waals surface area contributed by atoms with E-state index in [1.54, 1.807) is 0 Å². The number of rotatable bonds is 5. The molecule has 1 aromatic rings. The van der Waals surface area contributed by atoms with Crippen LogP contribution in [0.4, 0.5) is 0 Å². The highest BCUT2D eigenvalue weighted by molar-refractivity contribution is 5.76. The van der Waals surface area contributed by atoms with Gasteiger partial charge in [-0.25, -0.2) is 0 Å². The monoisotopic (exact) mass is 337 g/mol. The molecule has 1 amide bonds. The molecule has 0 bridgehead atoms. The van der Waals surface area contributed by atoms with Gasteiger partial charge in [0.15, 0.2) is 0 Å². The van der Waals surface area contributed by atoms with Crippen molar-refractivity contribution in [3.8, 4) is 0 Å². The number of amides is 1. The summed E-state index contributed by atoms with van der Waals surface area (Å²) in [5.41, 5.74) is -0.254. The zero-order valence-electron chi connectivity index (χ0n) is 14.3. The molecule has 7 heteroatoms. The molecule has 1 N–H and O–H groups in total. The highest BCUT2D eigenvalue weighted by atomic mass is 16.5. The highest BCUT2D eigenvalue weighted by Gasteiger charge is 2.29. The Morgan fingerprint density at radius 2 is 2.00 bits per heavy atom. The van der Waals surface area contributed by atoms with E-state index in [0.29, 0.717) is 30.6 Å². The van der Waals surface area contributed by atoms with Gasteiger partial charge in [0.25, 0.3) is 5.56 Å². The average molecular weight is 337 g/mol. The van der Waals surface area contributed by atoms with Crippen LogP contribution in [0, 0.1) is 5.92 Å². The molecule has 3 heterocycles. The Balaban J connectivity index is 1.42. The SMILES string of the molecule is CC(C1CCN(C(=O)CCc2cc(=O)[nH]o2)CC1)N1CCOCC1. The number of carbonyl (C=O) groups excluding carboxylic acids is 1. The minimum absolute atomic E-state index is 0.149. The second kappa shape index (κ2) is 7.98. The van der Waals surface area contributed by atoms with Crippen LogP contribution in [0.15, 0.2) is 15.4 Å². The molecule has 7 nitrogen and oxygen atoms in total. The van der Waals surface area contributed by atoms with Crippen LogP contribution in [0.5, 0.6) is 0 Å². The Morgan fingerprint density at radius 1 is 1.29 bits per heavy atom. The predicted molar refractivity (Wildman–Crippen MR) is 88.8 cm³/mol. The zero-order chi connectivity index (χ0) is 16.9. The van der Waals surface area contributed by atoms with Gasteiger partial charge in [-0.15, -0.1) is 0 Å². The largest absolute Gasteiger partial charge is 0.384 e. The topological polar surface area (TPSA) is 78.8 Å². The lowest BCUT2D eigenvalue weighted by molar-refractivity contribution is -0.133. The molecule has 2 fully saturated rings. The molecule has 2 saturated heterocycles. The van der Waals surface area contributed by atoms with Gasteiger partial charge in [0.2, 0.25) is 5.91 Å². The van der Waals surface area contributed by atoms with Gasteiger partial charge in [-0.2, -0.15) is 5.16 Å². The molecular weight excluding hydrogens is 310 g/mol. The van der Waals surface area contributed by atoms with Crippen LogP contribution in [-0.2, 0) is 16.0 Å². The quantitative estimate of drug-likeness (QED) is 0.862. The number of likely N-dealkylation sites (tertiary alicyclic amines) is 1. The fraction of sp³-hybridized carbons (Fsp3) is 0.765. The van der Waals surface area contributed by atoms with Crippen molar-refractivity contribution in [3.05, 3.63) is 22.2 Å². The van der Waals surface area contributed by atoms with Crippen LogP contribution in [0.1, 0.15) is 31.9 Å². The maximum Gasteiger partial charge on any atom is 0.280 e. The van der Waals surface area contributed by atoms with Crippen LogP contribution >= 0.6 is 0 Å². The fourth-order valence-corrected chi connectivity index (χ4v) is 3.75. The van der Waals surface area contributed by atoms with Crippen molar-refractivity contribution in [2.75, 3.05) is 39.4 Å². The number of hydrogen-bond donors (Lipinski definition) is 1. The van der Waals surface area contributed by atoms with E-state index in [2.05, 4.69) is 17.0 Å². The number of hydrogen-bond acceptors (Lipinski definition) is 5. The number of aromatic nitrogens is 1. The molecule has 0 saturated carbocycles. The van der Waals surface area contributed by atoms with Gasteiger partial charge in [0, 0.05) is 51.1 Å². The van der Waals surface area contributed by atoms with Crippen molar-refractivity contribution >= 4 is 5.91 Å². The third-order valence-electron chi connectivity index (χ3n) is 5.36. The summed E-state index contributed by atoms with van der Waals surface area (Å²) in [6.07, 6.45) is 2.99. The summed E-state index contributed by atoms with van der Waals surface area (Å²) in [6.45, 7) is 7.66. The Hall–Kier alpha value is -1.60. The summed E-state index contributed by atoms with van der Waals surface area (Å²) in [6, 6.07) is 1.96. The number of aromatic amines is 1. The maximum absolute atomic E-state index is 12.3. The van der Waals surface area contributed by atoms with Gasteiger partial charge in [-0.1, -0.05) is 0 Å². The van der Waals surface area contributed by atoms with Gasteiger partial charge in [0.05, 0.1) is 13.2 Å². The first kappa shape index (κ1) is 17.2. The predicted octanol–water partition coefficient (Wildman–Crippen LogP) is 0.860. The van der Waals surface area contributed by atoms with Gasteiger partial charge >= 0.3 is 0 Å². The number of aryl methyl sites for hydroxylation is 1. The number of nitrogens with one attached hydrogen (secondary N) is 1. The Labute approximate surface area is 141 Å². The lowest BCUT2D eigenvalue weighted by Gasteiger charge is -2.41. The van der Waals surface area contributed by atoms with E-state index >= 15 is 0 Å². The lowest BCUT2D eigenvalue weighted by atomic mass is 9.89. The van der Waals surface area contributed by atoms with Crippen LogP contribution in [0.25, 0.3) is 0 Å². The second-order valence-electron chi connectivity index (χ2n) is 6.79. The lowest BCUT2D eigenvalue weighted by Crippen LogP contribution is -2.49. The van der Waals surface area contributed by atoms with E-state index in [1.807, 2.05) is 4.90 Å². The summed E-state index contributed by atoms with van der Waals surface area (Å²) in [5, 5.41) is 2.25. The standard InChI is InChI=1S/C17H27N3O4/c1-13(19-8-10-23-11-9-19)14-4-6-20(7-5-14)17(22)3-2-15-12-16(21)18-24-15/h12-14H,2-11H2,1H3,(H,18,21). The van der Waals surface area contributed by atoms with Crippen molar-refractivity contribution in [2.45, 2.75) is 38.6 Å². The molecule has 1 aromatic heterocycles. The first-order valence-corrected chi connectivity index (χ1v) is 8.90. The molecule has 0 radical (unpaired) electrons. The summed E-state index contributed by atoms with van der Waals surface area (Å²) >= 11 is 0. The van der Waals surface area contributed by atoms with E-state index in [4.69, 9.17) is 9.26 Å². The van der Waals surface area contributed by atoms with Gasteiger partial charge in [-0.05, 0) is 25.7 Å². The molecule has 2 aliphatic heterocycles. The summed E-state index contributed by atoms with van der Waals surface area (Å²) < 4.78 is 10.4. The Bertz CT molecular complexity index is 583.